The van der Waals surface area contributed by atoms with Crippen molar-refractivity contribution in [3.05, 3.63) is 112 Å². The second kappa shape index (κ2) is 12.4. The molecule has 4 aromatic rings. The molecule has 202 valence electrons. The molecule has 0 bridgehead atoms. The molecule has 3 heterocycles. The van der Waals surface area contributed by atoms with E-state index in [4.69, 9.17) is 0 Å². The topological polar surface area (TPSA) is 87.1 Å². The third kappa shape index (κ3) is 6.82. The lowest BCUT2D eigenvalue weighted by atomic mass is 9.98. The molecule has 1 aliphatic rings. The van der Waals surface area contributed by atoms with E-state index in [9.17, 15) is 14.0 Å². The first kappa shape index (κ1) is 26.8. The highest BCUT2D eigenvalue weighted by Gasteiger charge is 2.23. The fourth-order valence-electron chi connectivity index (χ4n) is 4.67. The van der Waals surface area contributed by atoms with Crippen LogP contribution in [0.25, 0.3) is 0 Å². The van der Waals surface area contributed by atoms with Gasteiger partial charge in [0.1, 0.15) is 12.4 Å². The molecule has 1 unspecified atom stereocenters. The van der Waals surface area contributed by atoms with Crippen molar-refractivity contribution in [2.24, 2.45) is 0 Å². The minimum atomic E-state index is -0.330. The van der Waals surface area contributed by atoms with Crippen molar-refractivity contribution in [3.63, 3.8) is 0 Å². The number of carbonyl (C=O) groups is 1. The number of benzene rings is 2. The SMILES string of the molecule is CC(c1cn[nH]c1)c1cn(CC(=O)N2CCN(Cc3ccccc3)CC2)c(SCc2ccc(F)cc2)nc1=O. The number of carbonyl (C=O) groups excluding carboxylic acids is 1. The predicted octanol–water partition coefficient (Wildman–Crippen LogP) is 3.89. The molecule has 1 atom stereocenters. The van der Waals surface area contributed by atoms with Crippen LogP contribution in [-0.4, -0.2) is 61.6 Å². The molecular formula is C29H31FN6O2S. The second-order valence-electron chi connectivity index (χ2n) is 9.72. The lowest BCUT2D eigenvalue weighted by Gasteiger charge is -2.35. The summed E-state index contributed by atoms with van der Waals surface area (Å²) >= 11 is 1.36. The fourth-order valence-corrected chi connectivity index (χ4v) is 5.59. The molecule has 0 radical (unpaired) electrons. The maximum Gasteiger partial charge on any atom is 0.277 e. The number of amides is 1. The van der Waals surface area contributed by atoms with Crippen LogP contribution in [0.4, 0.5) is 4.39 Å². The van der Waals surface area contributed by atoms with Crippen molar-refractivity contribution in [1.82, 2.24) is 29.5 Å². The largest absolute Gasteiger partial charge is 0.339 e. The van der Waals surface area contributed by atoms with Crippen LogP contribution in [0.15, 0.2) is 83.1 Å². The van der Waals surface area contributed by atoms with Crippen LogP contribution in [0, 0.1) is 5.82 Å². The van der Waals surface area contributed by atoms with E-state index in [-0.39, 0.29) is 29.7 Å². The molecule has 2 aromatic carbocycles. The molecule has 10 heteroatoms. The average Bonchev–Trinajstić information content (AvgIpc) is 3.50. The number of rotatable bonds is 9. The molecule has 1 fully saturated rings. The molecule has 1 N–H and O–H groups in total. The molecule has 8 nitrogen and oxygen atoms in total. The van der Waals surface area contributed by atoms with Crippen LogP contribution in [0.1, 0.15) is 35.1 Å². The first-order chi connectivity index (χ1) is 19.0. The Bertz CT molecular complexity index is 1440. The Morgan fingerprint density at radius 1 is 1.05 bits per heavy atom. The molecule has 1 saturated heterocycles. The van der Waals surface area contributed by atoms with Crippen LogP contribution in [-0.2, 0) is 23.6 Å². The van der Waals surface area contributed by atoms with Gasteiger partial charge in [0.2, 0.25) is 5.91 Å². The lowest BCUT2D eigenvalue weighted by molar-refractivity contribution is -0.133. The van der Waals surface area contributed by atoms with Crippen molar-refractivity contribution in [3.8, 4) is 0 Å². The normalized spacial score (nSPS) is 14.9. The molecule has 0 aliphatic carbocycles. The van der Waals surface area contributed by atoms with Crippen LogP contribution in [0.3, 0.4) is 0 Å². The van der Waals surface area contributed by atoms with Gasteiger partial charge in [0.15, 0.2) is 5.16 Å². The number of hydrogen-bond acceptors (Lipinski definition) is 6. The van der Waals surface area contributed by atoms with Gasteiger partial charge in [0.25, 0.3) is 5.56 Å². The van der Waals surface area contributed by atoms with E-state index in [1.807, 2.05) is 30.0 Å². The molecule has 39 heavy (non-hydrogen) atoms. The molecule has 1 amide bonds. The summed E-state index contributed by atoms with van der Waals surface area (Å²) in [5, 5.41) is 7.25. The summed E-state index contributed by atoms with van der Waals surface area (Å²) in [5.74, 6) is -0.0469. The molecule has 1 aliphatic heterocycles. The molecule has 5 rings (SSSR count). The fraction of sp³-hybridized carbons (Fsp3) is 0.310. The number of halogens is 1. The van der Waals surface area contributed by atoms with Gasteiger partial charge in [-0.15, -0.1) is 0 Å². The molecule has 2 aromatic heterocycles. The standard InChI is InChI=1S/C29H31FN6O2S/c1-21(24-15-31-32-16-24)26-18-36(29(33-28(26)38)39-20-23-7-9-25(30)10-8-23)19-27(37)35-13-11-34(12-14-35)17-22-5-3-2-4-6-22/h2-10,15-16,18,21H,11-14,17,19-20H2,1H3,(H,31,32). The maximum absolute atomic E-state index is 13.4. The first-order valence-corrected chi connectivity index (χ1v) is 14.0. The van der Waals surface area contributed by atoms with Crippen molar-refractivity contribution >= 4 is 17.7 Å². The van der Waals surface area contributed by atoms with Gasteiger partial charge in [0, 0.05) is 62.4 Å². The van der Waals surface area contributed by atoms with Gasteiger partial charge < -0.3 is 9.47 Å². The van der Waals surface area contributed by atoms with E-state index < -0.39 is 0 Å². The summed E-state index contributed by atoms with van der Waals surface area (Å²) in [5.41, 5.74) is 3.21. The summed E-state index contributed by atoms with van der Waals surface area (Å²) in [6.45, 7) is 5.78. The molecule has 0 saturated carbocycles. The Kier molecular flexibility index (Phi) is 8.53. The smallest absolute Gasteiger partial charge is 0.277 e. The van der Waals surface area contributed by atoms with Gasteiger partial charge in [-0.1, -0.05) is 61.2 Å². The van der Waals surface area contributed by atoms with E-state index in [1.54, 1.807) is 35.3 Å². The van der Waals surface area contributed by atoms with Gasteiger partial charge in [0.05, 0.1) is 6.20 Å². The Morgan fingerprint density at radius 2 is 1.79 bits per heavy atom. The zero-order chi connectivity index (χ0) is 27.2. The zero-order valence-corrected chi connectivity index (χ0v) is 22.6. The highest BCUT2D eigenvalue weighted by molar-refractivity contribution is 7.98. The van der Waals surface area contributed by atoms with E-state index in [2.05, 4.69) is 32.2 Å². The van der Waals surface area contributed by atoms with Crippen molar-refractivity contribution < 1.29 is 9.18 Å². The summed E-state index contributed by atoms with van der Waals surface area (Å²) in [4.78, 5) is 35.1. The number of nitrogens with zero attached hydrogens (tertiary/aromatic N) is 5. The van der Waals surface area contributed by atoms with E-state index in [0.717, 1.165) is 30.8 Å². The van der Waals surface area contributed by atoms with Crippen LogP contribution >= 0.6 is 11.8 Å². The average molecular weight is 547 g/mol. The number of hydrogen-bond donors (Lipinski definition) is 1. The summed E-state index contributed by atoms with van der Waals surface area (Å²) in [6.07, 6.45) is 5.20. The van der Waals surface area contributed by atoms with Gasteiger partial charge in [-0.05, 0) is 28.8 Å². The van der Waals surface area contributed by atoms with Gasteiger partial charge in [-0.2, -0.15) is 10.1 Å². The number of nitrogens with one attached hydrogen (secondary N) is 1. The number of aromatic amines is 1. The van der Waals surface area contributed by atoms with E-state index in [0.29, 0.717) is 29.6 Å². The quantitative estimate of drug-likeness (QED) is 0.253. The summed E-state index contributed by atoms with van der Waals surface area (Å²) in [6, 6.07) is 16.6. The van der Waals surface area contributed by atoms with Gasteiger partial charge in [-0.25, -0.2) is 4.39 Å². The Balaban J connectivity index is 1.31. The van der Waals surface area contributed by atoms with Crippen molar-refractivity contribution in [2.75, 3.05) is 26.2 Å². The number of H-pyrrole nitrogens is 1. The highest BCUT2D eigenvalue weighted by atomic mass is 32.2. The molecule has 0 spiro atoms. The molecular weight excluding hydrogens is 515 g/mol. The minimum absolute atomic E-state index is 0.00893. The van der Waals surface area contributed by atoms with Crippen LogP contribution < -0.4 is 5.56 Å². The second-order valence-corrected chi connectivity index (χ2v) is 10.7. The first-order valence-electron chi connectivity index (χ1n) is 13.0. The highest BCUT2D eigenvalue weighted by Crippen LogP contribution is 2.25. The monoisotopic (exact) mass is 546 g/mol. The maximum atomic E-state index is 13.4. The van der Waals surface area contributed by atoms with Gasteiger partial charge in [-0.3, -0.25) is 19.6 Å². The Hall–Kier alpha value is -3.76. The number of piperazine rings is 1. The van der Waals surface area contributed by atoms with Crippen LogP contribution in [0.2, 0.25) is 0 Å². The third-order valence-electron chi connectivity index (χ3n) is 7.03. The van der Waals surface area contributed by atoms with E-state index >= 15 is 0 Å². The minimum Gasteiger partial charge on any atom is -0.339 e. The summed E-state index contributed by atoms with van der Waals surface area (Å²) < 4.78 is 15.1. The number of aromatic nitrogens is 4. The predicted molar refractivity (Wildman–Crippen MR) is 149 cm³/mol. The summed E-state index contributed by atoms with van der Waals surface area (Å²) in [7, 11) is 0. The number of thioether (sulfide) groups is 1. The van der Waals surface area contributed by atoms with E-state index in [1.165, 1.54) is 29.5 Å². The van der Waals surface area contributed by atoms with Crippen LogP contribution in [0.5, 0.6) is 0 Å². The zero-order valence-electron chi connectivity index (χ0n) is 21.8. The lowest BCUT2D eigenvalue weighted by Crippen LogP contribution is -2.49. The third-order valence-corrected chi connectivity index (χ3v) is 8.09. The van der Waals surface area contributed by atoms with Crippen molar-refractivity contribution in [1.29, 1.82) is 0 Å². The Morgan fingerprint density at radius 3 is 2.49 bits per heavy atom. The van der Waals surface area contributed by atoms with Crippen molar-refractivity contribution in [2.45, 2.75) is 36.8 Å². The Labute approximate surface area is 230 Å². The van der Waals surface area contributed by atoms with Gasteiger partial charge >= 0.3 is 0 Å².